The molecular formula is C18H27N5O3. The number of hydrogen-bond acceptors (Lipinski definition) is 4. The van der Waals surface area contributed by atoms with Crippen molar-refractivity contribution in [2.45, 2.75) is 52.6 Å². The van der Waals surface area contributed by atoms with E-state index in [-0.39, 0.29) is 23.8 Å². The van der Waals surface area contributed by atoms with Crippen LogP contribution in [0.5, 0.6) is 0 Å². The molecule has 0 aromatic carbocycles. The molecule has 2 aliphatic rings. The molecule has 0 radical (unpaired) electrons. The highest BCUT2D eigenvalue weighted by Gasteiger charge is 2.31. The minimum atomic E-state index is -0.217. The van der Waals surface area contributed by atoms with Crippen molar-refractivity contribution in [3.05, 3.63) is 17.2 Å². The van der Waals surface area contributed by atoms with Gasteiger partial charge in [-0.25, -0.2) is 4.98 Å². The molecule has 142 valence electrons. The SMILES string of the molecule is CC(=O)N1CCN(C(=O)c2nc(C(=O)NC(C)C)c3n2CCCC3)CC1. The zero-order valence-electron chi connectivity index (χ0n) is 15.7. The molecule has 1 fully saturated rings. The molecule has 3 rings (SSSR count). The minimum Gasteiger partial charge on any atom is -0.348 e. The molecule has 3 amide bonds. The normalized spacial score (nSPS) is 17.2. The first-order valence-electron chi connectivity index (χ1n) is 9.33. The second-order valence-electron chi connectivity index (χ2n) is 7.27. The number of rotatable bonds is 3. The van der Waals surface area contributed by atoms with Crippen molar-refractivity contribution in [3.8, 4) is 0 Å². The van der Waals surface area contributed by atoms with Crippen LogP contribution in [0.3, 0.4) is 0 Å². The molecule has 0 bridgehead atoms. The third-order valence-electron chi connectivity index (χ3n) is 4.96. The highest BCUT2D eigenvalue weighted by atomic mass is 16.2. The number of nitrogens with zero attached hydrogens (tertiary/aromatic N) is 4. The Morgan fingerprint density at radius 1 is 1.00 bits per heavy atom. The molecule has 3 heterocycles. The van der Waals surface area contributed by atoms with Crippen molar-refractivity contribution in [3.63, 3.8) is 0 Å². The maximum absolute atomic E-state index is 13.0. The Kier molecular flexibility index (Phi) is 5.29. The van der Waals surface area contributed by atoms with Gasteiger partial charge in [0.05, 0.1) is 5.69 Å². The quantitative estimate of drug-likeness (QED) is 0.857. The van der Waals surface area contributed by atoms with Crippen LogP contribution in [-0.2, 0) is 17.8 Å². The number of amides is 3. The first kappa shape index (κ1) is 18.4. The Labute approximate surface area is 153 Å². The highest BCUT2D eigenvalue weighted by Crippen LogP contribution is 2.22. The van der Waals surface area contributed by atoms with Crippen LogP contribution < -0.4 is 5.32 Å². The van der Waals surface area contributed by atoms with Gasteiger partial charge in [-0.1, -0.05) is 0 Å². The molecule has 0 atom stereocenters. The van der Waals surface area contributed by atoms with Crippen molar-refractivity contribution in [2.24, 2.45) is 0 Å². The van der Waals surface area contributed by atoms with E-state index in [0.717, 1.165) is 25.0 Å². The lowest BCUT2D eigenvalue weighted by Gasteiger charge is -2.34. The number of fused-ring (bicyclic) bond motifs is 1. The maximum Gasteiger partial charge on any atom is 0.290 e. The second kappa shape index (κ2) is 7.47. The van der Waals surface area contributed by atoms with E-state index in [1.165, 1.54) is 0 Å². The number of imidazole rings is 1. The molecule has 1 N–H and O–H groups in total. The van der Waals surface area contributed by atoms with E-state index in [9.17, 15) is 14.4 Å². The van der Waals surface area contributed by atoms with Gasteiger partial charge in [-0.15, -0.1) is 0 Å². The fraction of sp³-hybridized carbons (Fsp3) is 0.667. The topological polar surface area (TPSA) is 87.5 Å². The third kappa shape index (κ3) is 3.59. The van der Waals surface area contributed by atoms with Crippen molar-refractivity contribution >= 4 is 17.7 Å². The van der Waals surface area contributed by atoms with E-state index in [2.05, 4.69) is 10.3 Å². The van der Waals surface area contributed by atoms with E-state index in [0.29, 0.717) is 44.2 Å². The van der Waals surface area contributed by atoms with Gasteiger partial charge in [-0.05, 0) is 33.1 Å². The predicted molar refractivity (Wildman–Crippen MR) is 95.9 cm³/mol. The van der Waals surface area contributed by atoms with Gasteiger partial charge in [0.1, 0.15) is 5.69 Å². The molecule has 1 aromatic heterocycles. The fourth-order valence-corrected chi connectivity index (χ4v) is 3.58. The molecule has 2 aliphatic heterocycles. The summed E-state index contributed by atoms with van der Waals surface area (Å²) in [4.78, 5) is 44.9. The Morgan fingerprint density at radius 2 is 1.65 bits per heavy atom. The van der Waals surface area contributed by atoms with Crippen molar-refractivity contribution in [1.82, 2.24) is 24.7 Å². The molecule has 1 saturated heterocycles. The van der Waals surface area contributed by atoms with Gasteiger partial charge in [0.15, 0.2) is 5.82 Å². The summed E-state index contributed by atoms with van der Waals surface area (Å²) in [7, 11) is 0. The number of nitrogens with one attached hydrogen (secondary N) is 1. The lowest BCUT2D eigenvalue weighted by molar-refractivity contribution is -0.130. The standard InChI is InChI=1S/C18H27N5O3/c1-12(2)19-17(25)15-14-6-4-5-7-23(14)16(20-15)18(26)22-10-8-21(9-11-22)13(3)24/h12H,4-11H2,1-3H3,(H,19,25). The predicted octanol–water partition coefficient (Wildman–Crippen LogP) is 0.662. The number of aromatic nitrogens is 2. The molecule has 8 heteroatoms. The number of carbonyl (C=O) groups excluding carboxylic acids is 3. The van der Waals surface area contributed by atoms with E-state index in [4.69, 9.17) is 0 Å². The molecule has 8 nitrogen and oxygen atoms in total. The summed E-state index contributed by atoms with van der Waals surface area (Å²) >= 11 is 0. The summed E-state index contributed by atoms with van der Waals surface area (Å²) in [6.45, 7) is 8.13. The van der Waals surface area contributed by atoms with Crippen molar-refractivity contribution in [1.29, 1.82) is 0 Å². The third-order valence-corrected chi connectivity index (χ3v) is 4.96. The zero-order valence-corrected chi connectivity index (χ0v) is 15.7. The Bertz CT molecular complexity index is 717. The van der Waals surface area contributed by atoms with Gasteiger partial charge in [-0.3, -0.25) is 14.4 Å². The van der Waals surface area contributed by atoms with Gasteiger partial charge in [-0.2, -0.15) is 0 Å². The van der Waals surface area contributed by atoms with E-state index in [1.807, 2.05) is 18.4 Å². The first-order chi connectivity index (χ1) is 12.4. The van der Waals surface area contributed by atoms with Crippen LogP contribution in [0.15, 0.2) is 0 Å². The average Bonchev–Trinajstić information content (AvgIpc) is 3.00. The van der Waals surface area contributed by atoms with Gasteiger partial charge in [0, 0.05) is 45.7 Å². The zero-order chi connectivity index (χ0) is 18.8. The van der Waals surface area contributed by atoms with Gasteiger partial charge in [0.2, 0.25) is 5.91 Å². The molecule has 0 aliphatic carbocycles. The summed E-state index contributed by atoms with van der Waals surface area (Å²) in [6, 6.07) is 0.0160. The van der Waals surface area contributed by atoms with Crippen molar-refractivity contribution in [2.75, 3.05) is 26.2 Å². The van der Waals surface area contributed by atoms with E-state index in [1.54, 1.807) is 16.7 Å². The summed E-state index contributed by atoms with van der Waals surface area (Å²) in [5.74, 6) is 0.0128. The molecule has 0 spiro atoms. The monoisotopic (exact) mass is 361 g/mol. The molecule has 1 aromatic rings. The Balaban J connectivity index is 1.83. The number of carbonyl (C=O) groups is 3. The van der Waals surface area contributed by atoms with Crippen LogP contribution in [0.25, 0.3) is 0 Å². The number of hydrogen-bond donors (Lipinski definition) is 1. The summed E-state index contributed by atoms with van der Waals surface area (Å²) in [5, 5.41) is 2.88. The summed E-state index contributed by atoms with van der Waals surface area (Å²) in [6.07, 6.45) is 2.74. The summed E-state index contributed by atoms with van der Waals surface area (Å²) in [5.41, 5.74) is 1.24. The van der Waals surface area contributed by atoms with Gasteiger partial charge < -0.3 is 19.7 Å². The molecule has 26 heavy (non-hydrogen) atoms. The Hall–Kier alpha value is -2.38. The first-order valence-corrected chi connectivity index (χ1v) is 9.33. The largest absolute Gasteiger partial charge is 0.348 e. The van der Waals surface area contributed by atoms with Gasteiger partial charge in [0.25, 0.3) is 11.8 Å². The Morgan fingerprint density at radius 3 is 2.27 bits per heavy atom. The smallest absolute Gasteiger partial charge is 0.290 e. The number of piperazine rings is 1. The highest BCUT2D eigenvalue weighted by molar-refractivity contribution is 5.97. The van der Waals surface area contributed by atoms with Crippen LogP contribution in [-0.4, -0.2) is 69.3 Å². The summed E-state index contributed by atoms with van der Waals surface area (Å²) < 4.78 is 1.92. The molecular weight excluding hydrogens is 334 g/mol. The molecule has 0 unspecified atom stereocenters. The second-order valence-corrected chi connectivity index (χ2v) is 7.27. The maximum atomic E-state index is 13.0. The van der Waals surface area contributed by atoms with Crippen molar-refractivity contribution < 1.29 is 14.4 Å². The minimum absolute atomic E-state index is 0.0160. The molecule has 0 saturated carbocycles. The lowest BCUT2D eigenvalue weighted by Crippen LogP contribution is -2.50. The average molecular weight is 361 g/mol. The van der Waals surface area contributed by atoms with E-state index >= 15 is 0 Å². The van der Waals surface area contributed by atoms with Crippen LogP contribution in [0.4, 0.5) is 0 Å². The van der Waals surface area contributed by atoms with Crippen LogP contribution in [0.1, 0.15) is 60.4 Å². The fourth-order valence-electron chi connectivity index (χ4n) is 3.58. The van der Waals surface area contributed by atoms with E-state index < -0.39 is 0 Å². The van der Waals surface area contributed by atoms with Crippen LogP contribution in [0, 0.1) is 0 Å². The lowest BCUT2D eigenvalue weighted by atomic mass is 10.1. The van der Waals surface area contributed by atoms with Gasteiger partial charge >= 0.3 is 0 Å². The van der Waals surface area contributed by atoms with Crippen LogP contribution in [0.2, 0.25) is 0 Å². The van der Waals surface area contributed by atoms with Crippen LogP contribution >= 0.6 is 0 Å².